The average Bonchev–Trinajstić information content (AvgIpc) is 2.54. The molecule has 2 aromatic rings. The number of fused-ring (bicyclic) bond motifs is 1. The highest BCUT2D eigenvalue weighted by Crippen LogP contribution is 2.32. The van der Waals surface area contributed by atoms with Crippen molar-refractivity contribution in [2.45, 2.75) is 38.6 Å². The molecule has 0 radical (unpaired) electrons. The Morgan fingerprint density at radius 3 is 2.67 bits per heavy atom. The first-order valence-corrected chi connectivity index (χ1v) is 8.00. The maximum atomic E-state index is 11.2. The SMILES string of the molecule is Cc1cc(NC2CCC(C(=O)O)CC2)c2cccc([N+](=O)[O-])c2n1. The van der Waals surface area contributed by atoms with Gasteiger partial charge >= 0.3 is 5.97 Å². The molecule has 1 aromatic carbocycles. The van der Waals surface area contributed by atoms with Crippen molar-refractivity contribution in [1.82, 2.24) is 4.98 Å². The normalized spacial score (nSPS) is 20.7. The van der Waals surface area contributed by atoms with Crippen LogP contribution in [0.4, 0.5) is 11.4 Å². The van der Waals surface area contributed by atoms with Gasteiger partial charge in [0.15, 0.2) is 5.52 Å². The van der Waals surface area contributed by atoms with Crippen molar-refractivity contribution in [2.24, 2.45) is 5.92 Å². The molecule has 1 aromatic heterocycles. The Morgan fingerprint density at radius 2 is 2.04 bits per heavy atom. The zero-order chi connectivity index (χ0) is 17.3. The molecule has 0 amide bonds. The van der Waals surface area contributed by atoms with E-state index in [2.05, 4.69) is 10.3 Å². The number of para-hydroxylation sites is 1. The molecular formula is C17H19N3O4. The molecule has 0 saturated heterocycles. The second-order valence-corrected chi connectivity index (χ2v) is 6.27. The van der Waals surface area contributed by atoms with Gasteiger partial charge in [0.2, 0.25) is 0 Å². The number of nitrogens with zero attached hydrogens (tertiary/aromatic N) is 2. The van der Waals surface area contributed by atoms with Crippen molar-refractivity contribution in [1.29, 1.82) is 0 Å². The van der Waals surface area contributed by atoms with Gasteiger partial charge in [-0.05, 0) is 38.7 Å². The highest BCUT2D eigenvalue weighted by atomic mass is 16.6. The number of aromatic nitrogens is 1. The average molecular weight is 329 g/mol. The number of rotatable bonds is 4. The predicted octanol–water partition coefficient (Wildman–Crippen LogP) is 3.51. The topological polar surface area (TPSA) is 105 Å². The zero-order valence-electron chi connectivity index (χ0n) is 13.4. The van der Waals surface area contributed by atoms with Gasteiger partial charge in [0.05, 0.1) is 10.8 Å². The smallest absolute Gasteiger partial charge is 0.306 e. The van der Waals surface area contributed by atoms with Crippen LogP contribution in [0.2, 0.25) is 0 Å². The molecule has 2 N–H and O–H groups in total. The lowest BCUT2D eigenvalue weighted by molar-refractivity contribution is -0.383. The summed E-state index contributed by atoms with van der Waals surface area (Å²) in [5.74, 6) is -0.991. The van der Waals surface area contributed by atoms with Crippen molar-refractivity contribution >= 4 is 28.2 Å². The summed E-state index contributed by atoms with van der Waals surface area (Å²) < 4.78 is 0. The van der Waals surface area contributed by atoms with E-state index in [0.29, 0.717) is 24.1 Å². The summed E-state index contributed by atoms with van der Waals surface area (Å²) in [5.41, 5.74) is 1.90. The van der Waals surface area contributed by atoms with Crippen LogP contribution >= 0.6 is 0 Å². The number of aryl methyl sites for hydroxylation is 1. The van der Waals surface area contributed by atoms with Gasteiger partial charge in [-0.1, -0.05) is 12.1 Å². The van der Waals surface area contributed by atoms with Gasteiger partial charge < -0.3 is 10.4 Å². The summed E-state index contributed by atoms with van der Waals surface area (Å²) in [6.07, 6.45) is 2.84. The minimum absolute atomic E-state index is 0.00571. The molecule has 0 bridgehead atoms. The minimum Gasteiger partial charge on any atom is -0.481 e. The van der Waals surface area contributed by atoms with Crippen LogP contribution in [-0.4, -0.2) is 27.0 Å². The molecule has 7 nitrogen and oxygen atoms in total. The van der Waals surface area contributed by atoms with Gasteiger partial charge in [0.25, 0.3) is 5.69 Å². The molecule has 0 atom stereocenters. The molecule has 1 saturated carbocycles. The lowest BCUT2D eigenvalue weighted by Gasteiger charge is -2.28. The van der Waals surface area contributed by atoms with E-state index in [1.165, 1.54) is 6.07 Å². The number of hydrogen-bond donors (Lipinski definition) is 2. The lowest BCUT2D eigenvalue weighted by atomic mass is 9.86. The summed E-state index contributed by atoms with van der Waals surface area (Å²) >= 11 is 0. The minimum atomic E-state index is -0.728. The van der Waals surface area contributed by atoms with E-state index in [1.54, 1.807) is 6.07 Å². The van der Waals surface area contributed by atoms with Crippen LogP contribution in [0.3, 0.4) is 0 Å². The third-order valence-electron chi connectivity index (χ3n) is 4.58. The van der Waals surface area contributed by atoms with Crippen LogP contribution in [0.1, 0.15) is 31.4 Å². The molecule has 1 aliphatic carbocycles. The largest absolute Gasteiger partial charge is 0.481 e. The first-order chi connectivity index (χ1) is 11.5. The van der Waals surface area contributed by atoms with Gasteiger partial charge in [0, 0.05) is 28.9 Å². The summed E-state index contributed by atoms with van der Waals surface area (Å²) in [6.45, 7) is 1.81. The van der Waals surface area contributed by atoms with E-state index in [-0.39, 0.29) is 17.6 Å². The maximum absolute atomic E-state index is 11.2. The van der Waals surface area contributed by atoms with Crippen LogP contribution in [0, 0.1) is 23.0 Å². The fourth-order valence-corrected chi connectivity index (χ4v) is 3.33. The number of aliphatic carboxylic acids is 1. The number of carbonyl (C=O) groups is 1. The number of nitro groups is 1. The van der Waals surface area contributed by atoms with E-state index in [4.69, 9.17) is 5.11 Å². The fraction of sp³-hybridized carbons (Fsp3) is 0.412. The third-order valence-corrected chi connectivity index (χ3v) is 4.58. The Bertz CT molecular complexity index is 798. The summed E-state index contributed by atoms with van der Waals surface area (Å²) in [7, 11) is 0. The number of non-ortho nitro benzene ring substituents is 1. The second kappa shape index (κ2) is 6.43. The molecule has 1 fully saturated rings. The molecule has 1 heterocycles. The fourth-order valence-electron chi connectivity index (χ4n) is 3.33. The van der Waals surface area contributed by atoms with Crippen LogP contribution in [0.25, 0.3) is 10.9 Å². The zero-order valence-corrected chi connectivity index (χ0v) is 13.4. The molecule has 1 aliphatic rings. The Balaban J connectivity index is 1.89. The lowest BCUT2D eigenvalue weighted by Crippen LogP contribution is -2.29. The van der Waals surface area contributed by atoms with Crippen LogP contribution in [-0.2, 0) is 4.79 Å². The summed E-state index contributed by atoms with van der Waals surface area (Å²) in [4.78, 5) is 26.2. The summed E-state index contributed by atoms with van der Waals surface area (Å²) in [5, 5.41) is 24.5. The Kier molecular flexibility index (Phi) is 4.33. The number of hydrogen-bond acceptors (Lipinski definition) is 5. The highest BCUT2D eigenvalue weighted by Gasteiger charge is 2.26. The number of pyridine rings is 1. The van der Waals surface area contributed by atoms with Gasteiger partial charge in [-0.25, -0.2) is 4.98 Å². The first-order valence-electron chi connectivity index (χ1n) is 8.00. The van der Waals surface area contributed by atoms with E-state index in [0.717, 1.165) is 23.9 Å². The number of carboxylic acids is 1. The summed E-state index contributed by atoms with van der Waals surface area (Å²) in [6, 6.07) is 6.99. The molecule has 126 valence electrons. The van der Waals surface area contributed by atoms with Crippen LogP contribution in [0.5, 0.6) is 0 Å². The van der Waals surface area contributed by atoms with Crippen molar-refractivity contribution < 1.29 is 14.8 Å². The monoisotopic (exact) mass is 329 g/mol. The molecule has 0 unspecified atom stereocenters. The van der Waals surface area contributed by atoms with Crippen LogP contribution in [0.15, 0.2) is 24.3 Å². The van der Waals surface area contributed by atoms with Crippen molar-refractivity contribution in [3.8, 4) is 0 Å². The standard InChI is InChI=1S/C17H19N3O4/c1-10-9-14(19-12-7-5-11(6-8-12)17(21)22)13-3-2-4-15(20(23)24)16(13)18-10/h2-4,9,11-12H,5-8H2,1H3,(H,18,19)(H,21,22). The molecule has 0 spiro atoms. The van der Waals surface area contributed by atoms with Gasteiger partial charge in [-0.3, -0.25) is 14.9 Å². The van der Waals surface area contributed by atoms with Crippen LogP contribution < -0.4 is 5.32 Å². The van der Waals surface area contributed by atoms with Crippen molar-refractivity contribution in [3.05, 3.63) is 40.1 Å². The second-order valence-electron chi connectivity index (χ2n) is 6.27. The van der Waals surface area contributed by atoms with Gasteiger partial charge in [0.1, 0.15) is 0 Å². The van der Waals surface area contributed by atoms with Gasteiger partial charge in [-0.2, -0.15) is 0 Å². The number of nitrogens with one attached hydrogen (secondary N) is 1. The number of benzene rings is 1. The molecule has 7 heteroatoms. The van der Waals surface area contributed by atoms with E-state index < -0.39 is 10.9 Å². The predicted molar refractivity (Wildman–Crippen MR) is 90.1 cm³/mol. The molecule has 0 aliphatic heterocycles. The van der Waals surface area contributed by atoms with E-state index in [1.807, 2.05) is 19.1 Å². The first kappa shape index (κ1) is 16.2. The van der Waals surface area contributed by atoms with E-state index in [9.17, 15) is 14.9 Å². The van der Waals surface area contributed by atoms with Gasteiger partial charge in [-0.15, -0.1) is 0 Å². The number of nitro benzene ring substituents is 1. The molecule has 3 rings (SSSR count). The van der Waals surface area contributed by atoms with Crippen molar-refractivity contribution in [2.75, 3.05) is 5.32 Å². The quantitative estimate of drug-likeness (QED) is 0.657. The Morgan fingerprint density at radius 1 is 1.33 bits per heavy atom. The van der Waals surface area contributed by atoms with Crippen molar-refractivity contribution in [3.63, 3.8) is 0 Å². The third kappa shape index (κ3) is 3.15. The number of anilines is 1. The number of carboxylic acid groups (broad SMARTS) is 1. The molecular weight excluding hydrogens is 310 g/mol. The maximum Gasteiger partial charge on any atom is 0.306 e. The van der Waals surface area contributed by atoms with E-state index >= 15 is 0 Å². The highest BCUT2D eigenvalue weighted by molar-refractivity contribution is 5.96. The Hall–Kier alpha value is -2.70. The molecule has 24 heavy (non-hydrogen) atoms. The Labute approximate surface area is 138 Å².